The first-order chi connectivity index (χ1) is 8.61. The summed E-state index contributed by atoms with van der Waals surface area (Å²) in [4.78, 5) is 11.4. The maximum Gasteiger partial charge on any atom is 0.308 e. The molecule has 1 aromatic rings. The number of carboxylic acids is 1. The lowest BCUT2D eigenvalue weighted by Gasteiger charge is -2.34. The highest BCUT2D eigenvalue weighted by molar-refractivity contribution is 5.70. The lowest BCUT2D eigenvalue weighted by molar-refractivity contribution is -0.145. The predicted molar refractivity (Wildman–Crippen MR) is 69.4 cm³/mol. The highest BCUT2D eigenvalue weighted by Crippen LogP contribution is 2.39. The van der Waals surface area contributed by atoms with Crippen molar-refractivity contribution >= 4 is 5.97 Å². The summed E-state index contributed by atoms with van der Waals surface area (Å²) in [5.41, 5.74) is 0.955. The average Bonchev–Trinajstić information content (AvgIpc) is 2.76. The van der Waals surface area contributed by atoms with Crippen molar-refractivity contribution in [2.24, 2.45) is 11.8 Å². The zero-order valence-electron chi connectivity index (χ0n) is 11.2. The van der Waals surface area contributed by atoms with Gasteiger partial charge in [0.25, 0.3) is 0 Å². The summed E-state index contributed by atoms with van der Waals surface area (Å²) in [6.45, 7) is 4.13. The fourth-order valence-corrected chi connectivity index (χ4v) is 3.10. The Balaban J connectivity index is 2.17. The minimum atomic E-state index is -0.678. The van der Waals surface area contributed by atoms with Crippen LogP contribution in [0.25, 0.3) is 0 Å². The van der Waals surface area contributed by atoms with Crippen LogP contribution in [-0.2, 0) is 4.79 Å². The lowest BCUT2D eigenvalue weighted by atomic mass is 9.76. The van der Waals surface area contributed by atoms with Crippen molar-refractivity contribution in [3.05, 3.63) is 18.0 Å². The third kappa shape index (κ3) is 2.74. The van der Waals surface area contributed by atoms with Crippen LogP contribution in [0.5, 0.6) is 0 Å². The molecule has 1 saturated carbocycles. The van der Waals surface area contributed by atoms with E-state index in [2.05, 4.69) is 12.0 Å². The van der Waals surface area contributed by atoms with Gasteiger partial charge in [0.2, 0.25) is 0 Å². The van der Waals surface area contributed by atoms with Crippen LogP contribution in [0.2, 0.25) is 0 Å². The van der Waals surface area contributed by atoms with Gasteiger partial charge in [-0.25, -0.2) is 0 Å². The molecule has 0 saturated heterocycles. The third-order valence-electron chi connectivity index (χ3n) is 4.02. The second kappa shape index (κ2) is 5.55. The van der Waals surface area contributed by atoms with Crippen molar-refractivity contribution in [3.63, 3.8) is 0 Å². The number of nitrogens with zero attached hydrogens (tertiary/aromatic N) is 2. The van der Waals surface area contributed by atoms with Gasteiger partial charge in [-0.3, -0.25) is 9.48 Å². The quantitative estimate of drug-likeness (QED) is 0.893. The predicted octanol–water partition coefficient (Wildman–Crippen LogP) is 3.03. The van der Waals surface area contributed by atoms with E-state index in [9.17, 15) is 9.90 Å². The second-order valence-electron chi connectivity index (χ2n) is 5.42. The molecule has 3 unspecified atom stereocenters. The Morgan fingerprint density at radius 1 is 1.56 bits per heavy atom. The minimum Gasteiger partial charge on any atom is -0.481 e. The summed E-state index contributed by atoms with van der Waals surface area (Å²) < 4.78 is 1.87. The topological polar surface area (TPSA) is 55.1 Å². The molecule has 3 atom stereocenters. The summed E-state index contributed by atoms with van der Waals surface area (Å²) in [6.07, 6.45) is 7.07. The molecule has 0 radical (unpaired) electrons. The van der Waals surface area contributed by atoms with E-state index >= 15 is 0 Å². The number of aromatic nitrogens is 2. The Morgan fingerprint density at radius 3 is 2.89 bits per heavy atom. The second-order valence-corrected chi connectivity index (χ2v) is 5.42. The number of aliphatic carboxylic acids is 1. The van der Waals surface area contributed by atoms with Gasteiger partial charge < -0.3 is 5.11 Å². The number of carboxylic acid groups (broad SMARTS) is 1. The molecule has 0 amide bonds. The van der Waals surface area contributed by atoms with Gasteiger partial charge in [0.1, 0.15) is 0 Å². The third-order valence-corrected chi connectivity index (χ3v) is 4.02. The van der Waals surface area contributed by atoms with Crippen molar-refractivity contribution < 1.29 is 9.90 Å². The summed E-state index contributed by atoms with van der Waals surface area (Å²) >= 11 is 0. The Kier molecular flexibility index (Phi) is 4.04. The van der Waals surface area contributed by atoms with Crippen LogP contribution in [0.3, 0.4) is 0 Å². The largest absolute Gasteiger partial charge is 0.481 e. The van der Waals surface area contributed by atoms with E-state index in [0.717, 1.165) is 25.0 Å². The molecule has 100 valence electrons. The first-order valence-electron chi connectivity index (χ1n) is 6.86. The van der Waals surface area contributed by atoms with Crippen molar-refractivity contribution in [1.82, 2.24) is 9.78 Å². The van der Waals surface area contributed by atoms with Gasteiger partial charge in [0, 0.05) is 6.20 Å². The van der Waals surface area contributed by atoms with Crippen molar-refractivity contribution in [2.45, 2.75) is 52.0 Å². The molecule has 0 aromatic carbocycles. The van der Waals surface area contributed by atoms with E-state index in [1.165, 1.54) is 12.8 Å². The minimum absolute atomic E-state index is 0.0292. The van der Waals surface area contributed by atoms with Crippen LogP contribution in [0.1, 0.15) is 50.8 Å². The summed E-state index contributed by atoms with van der Waals surface area (Å²) in [5.74, 6) is -0.305. The molecule has 1 aliphatic carbocycles. The van der Waals surface area contributed by atoms with Gasteiger partial charge in [-0.2, -0.15) is 5.10 Å². The normalized spacial score (nSPS) is 28.2. The van der Waals surface area contributed by atoms with Crippen molar-refractivity contribution in [1.29, 1.82) is 0 Å². The van der Waals surface area contributed by atoms with E-state index in [1.807, 2.05) is 23.9 Å². The molecule has 0 bridgehead atoms. The highest BCUT2D eigenvalue weighted by atomic mass is 16.4. The molecule has 1 N–H and O–H groups in total. The number of aryl methyl sites for hydroxylation is 1. The monoisotopic (exact) mass is 250 g/mol. The van der Waals surface area contributed by atoms with Crippen LogP contribution in [0, 0.1) is 18.8 Å². The maximum atomic E-state index is 11.4. The fraction of sp³-hybridized carbons (Fsp3) is 0.714. The van der Waals surface area contributed by atoms with Gasteiger partial charge in [0.05, 0.1) is 17.7 Å². The Bertz CT molecular complexity index is 414. The van der Waals surface area contributed by atoms with E-state index in [1.54, 1.807) is 0 Å². The molecule has 1 aliphatic rings. The SMILES string of the molecule is CCCC1CCC(C(=O)O)C(n2ccc(C)n2)C1. The standard InChI is InChI=1S/C14H22N2O2/c1-3-4-11-5-6-12(14(17)18)13(9-11)16-8-7-10(2)15-16/h7-8,11-13H,3-6,9H2,1-2H3,(H,17,18). The molecule has 0 spiro atoms. The summed E-state index contributed by atoms with van der Waals surface area (Å²) in [6, 6.07) is 1.98. The molecular formula is C14H22N2O2. The number of rotatable bonds is 4. The zero-order chi connectivity index (χ0) is 13.1. The number of hydrogen-bond donors (Lipinski definition) is 1. The van der Waals surface area contributed by atoms with Crippen molar-refractivity contribution in [3.8, 4) is 0 Å². The molecule has 1 aromatic heterocycles. The Morgan fingerprint density at radius 2 is 2.33 bits per heavy atom. The van der Waals surface area contributed by atoms with Crippen LogP contribution in [0.15, 0.2) is 12.3 Å². The van der Waals surface area contributed by atoms with E-state index < -0.39 is 5.97 Å². The number of hydrogen-bond acceptors (Lipinski definition) is 2. The average molecular weight is 250 g/mol. The van der Waals surface area contributed by atoms with Gasteiger partial charge in [-0.05, 0) is 38.2 Å². The molecule has 18 heavy (non-hydrogen) atoms. The van der Waals surface area contributed by atoms with E-state index in [0.29, 0.717) is 5.92 Å². The molecule has 2 rings (SSSR count). The van der Waals surface area contributed by atoms with Gasteiger partial charge in [-0.15, -0.1) is 0 Å². The van der Waals surface area contributed by atoms with Crippen LogP contribution in [-0.4, -0.2) is 20.9 Å². The van der Waals surface area contributed by atoms with E-state index in [-0.39, 0.29) is 12.0 Å². The molecule has 4 nitrogen and oxygen atoms in total. The number of carbonyl (C=O) groups is 1. The highest BCUT2D eigenvalue weighted by Gasteiger charge is 2.36. The Labute approximate surface area is 108 Å². The molecule has 0 aliphatic heterocycles. The summed E-state index contributed by atoms with van der Waals surface area (Å²) in [5, 5.41) is 13.8. The van der Waals surface area contributed by atoms with Gasteiger partial charge >= 0.3 is 5.97 Å². The fourth-order valence-electron chi connectivity index (χ4n) is 3.10. The maximum absolute atomic E-state index is 11.4. The smallest absolute Gasteiger partial charge is 0.308 e. The van der Waals surface area contributed by atoms with Crippen LogP contribution >= 0.6 is 0 Å². The van der Waals surface area contributed by atoms with Crippen LogP contribution < -0.4 is 0 Å². The molecule has 4 heteroatoms. The summed E-state index contributed by atoms with van der Waals surface area (Å²) in [7, 11) is 0. The first-order valence-corrected chi connectivity index (χ1v) is 6.86. The van der Waals surface area contributed by atoms with Crippen LogP contribution in [0.4, 0.5) is 0 Å². The molecule has 1 heterocycles. The van der Waals surface area contributed by atoms with Gasteiger partial charge in [-0.1, -0.05) is 19.8 Å². The zero-order valence-corrected chi connectivity index (χ0v) is 11.2. The first kappa shape index (κ1) is 13.1. The Hall–Kier alpha value is -1.32. The molecular weight excluding hydrogens is 228 g/mol. The van der Waals surface area contributed by atoms with Gasteiger partial charge in [0.15, 0.2) is 0 Å². The molecule has 1 fully saturated rings. The van der Waals surface area contributed by atoms with E-state index in [4.69, 9.17) is 0 Å². The van der Waals surface area contributed by atoms with Crippen molar-refractivity contribution in [2.75, 3.05) is 0 Å². The lowest BCUT2D eigenvalue weighted by Crippen LogP contribution is -2.33.